The van der Waals surface area contributed by atoms with E-state index in [1.165, 1.54) is 17.4 Å². The molecule has 0 saturated carbocycles. The lowest BCUT2D eigenvalue weighted by atomic mass is 9.80. The highest BCUT2D eigenvalue weighted by molar-refractivity contribution is 7.10. The summed E-state index contributed by atoms with van der Waals surface area (Å²) in [6, 6.07) is 9.49. The van der Waals surface area contributed by atoms with Gasteiger partial charge in [-0.25, -0.2) is 9.37 Å². The average Bonchev–Trinajstić information content (AvgIpc) is 3.56. The second-order valence-corrected chi connectivity index (χ2v) is 11.1. The number of likely N-dealkylation sites (N-methyl/N-ethyl adjacent to an activating group) is 1. The van der Waals surface area contributed by atoms with Crippen LogP contribution in [-0.4, -0.2) is 47.4 Å². The molecule has 0 aliphatic carbocycles. The van der Waals surface area contributed by atoms with E-state index in [-0.39, 0.29) is 23.7 Å². The Morgan fingerprint density at radius 3 is 2.64 bits per heavy atom. The molecule has 1 saturated heterocycles. The predicted octanol–water partition coefficient (Wildman–Crippen LogP) is 5.29. The molecule has 0 unspecified atom stereocenters. The highest BCUT2D eigenvalue weighted by atomic mass is 32.1. The van der Waals surface area contributed by atoms with Crippen molar-refractivity contribution in [3.05, 3.63) is 52.6 Å². The Bertz CT molecular complexity index is 1260. The van der Waals surface area contributed by atoms with Gasteiger partial charge in [-0.1, -0.05) is 45.0 Å². The number of nitrogens with zero attached hydrogens (tertiary/aromatic N) is 2. The van der Waals surface area contributed by atoms with Gasteiger partial charge in [-0.3, -0.25) is 9.59 Å². The molecule has 0 spiro atoms. The van der Waals surface area contributed by atoms with Gasteiger partial charge in [-0.05, 0) is 56.2 Å². The van der Waals surface area contributed by atoms with E-state index in [0.717, 1.165) is 40.9 Å². The molecule has 1 aliphatic heterocycles. The lowest BCUT2D eigenvalue weighted by Crippen LogP contribution is -2.57. The number of fused-ring (bicyclic) bond motifs is 1. The zero-order chi connectivity index (χ0) is 26.0. The van der Waals surface area contributed by atoms with Gasteiger partial charge in [0.25, 0.3) is 0 Å². The third-order valence-corrected chi connectivity index (χ3v) is 8.49. The van der Waals surface area contributed by atoms with Crippen LogP contribution in [0.1, 0.15) is 58.0 Å². The highest BCUT2D eigenvalue weighted by Gasteiger charge is 2.42. The number of likely N-dealkylation sites (tertiary alicyclic amines) is 1. The normalized spacial score (nSPS) is 17.8. The van der Waals surface area contributed by atoms with Crippen LogP contribution in [0.3, 0.4) is 0 Å². The van der Waals surface area contributed by atoms with Crippen molar-refractivity contribution in [2.24, 2.45) is 5.41 Å². The molecular weight excluding hydrogens is 475 g/mol. The highest BCUT2D eigenvalue weighted by Crippen LogP contribution is 2.39. The van der Waals surface area contributed by atoms with Crippen LogP contribution in [0.4, 0.5) is 4.39 Å². The zero-order valence-corrected chi connectivity index (χ0v) is 22.4. The van der Waals surface area contributed by atoms with Crippen LogP contribution >= 0.6 is 11.3 Å². The molecule has 8 heteroatoms. The fraction of sp³-hybridized carbons (Fsp3) is 0.464. The lowest BCUT2D eigenvalue weighted by Gasteiger charge is -2.37. The van der Waals surface area contributed by atoms with Crippen LogP contribution in [0.5, 0.6) is 0 Å². The summed E-state index contributed by atoms with van der Waals surface area (Å²) in [5, 5.41) is 10.2. The van der Waals surface area contributed by atoms with Gasteiger partial charge in [0.15, 0.2) is 0 Å². The molecular formula is C28H35FN4O2S. The number of amides is 2. The van der Waals surface area contributed by atoms with Crippen LogP contribution in [0.15, 0.2) is 41.8 Å². The number of aromatic nitrogens is 1. The molecule has 1 aliphatic rings. The van der Waals surface area contributed by atoms with Gasteiger partial charge in [0.1, 0.15) is 16.9 Å². The Kier molecular flexibility index (Phi) is 7.76. The minimum absolute atomic E-state index is 0.0648. The number of thiazole rings is 1. The summed E-state index contributed by atoms with van der Waals surface area (Å²) in [5.74, 6) is -0.505. The first-order valence-electron chi connectivity index (χ1n) is 12.6. The molecule has 0 bridgehead atoms. The summed E-state index contributed by atoms with van der Waals surface area (Å²) in [4.78, 5) is 33.4. The van der Waals surface area contributed by atoms with Gasteiger partial charge >= 0.3 is 0 Å². The Morgan fingerprint density at radius 2 is 1.94 bits per heavy atom. The largest absolute Gasteiger partial charge is 0.342 e. The number of nitrogens with one attached hydrogen (secondary N) is 2. The van der Waals surface area contributed by atoms with Crippen LogP contribution in [0.2, 0.25) is 0 Å². The van der Waals surface area contributed by atoms with E-state index in [1.54, 1.807) is 26.1 Å². The van der Waals surface area contributed by atoms with Crippen molar-refractivity contribution in [1.82, 2.24) is 20.5 Å². The molecule has 2 aromatic carbocycles. The summed E-state index contributed by atoms with van der Waals surface area (Å²) in [7, 11) is 1.73. The summed E-state index contributed by atoms with van der Waals surface area (Å²) in [6.07, 6.45) is 2.45. The van der Waals surface area contributed by atoms with E-state index < -0.39 is 17.5 Å². The monoisotopic (exact) mass is 510 g/mol. The maximum atomic E-state index is 14.3. The fourth-order valence-corrected chi connectivity index (χ4v) is 5.66. The van der Waals surface area contributed by atoms with Crippen molar-refractivity contribution >= 4 is 33.9 Å². The maximum absolute atomic E-state index is 14.3. The first-order valence-corrected chi connectivity index (χ1v) is 13.5. The minimum Gasteiger partial charge on any atom is -0.342 e. The molecule has 2 amide bonds. The number of halogens is 1. The van der Waals surface area contributed by atoms with Gasteiger partial charge in [0.05, 0.1) is 17.8 Å². The molecule has 4 rings (SSSR count). The summed E-state index contributed by atoms with van der Waals surface area (Å²) in [6.45, 7) is 8.49. The average molecular weight is 511 g/mol. The van der Waals surface area contributed by atoms with Gasteiger partial charge < -0.3 is 15.5 Å². The van der Waals surface area contributed by atoms with Crippen molar-refractivity contribution in [2.45, 2.75) is 65.1 Å². The van der Waals surface area contributed by atoms with Crippen molar-refractivity contribution in [1.29, 1.82) is 0 Å². The van der Waals surface area contributed by atoms with Crippen molar-refractivity contribution in [3.8, 4) is 11.3 Å². The van der Waals surface area contributed by atoms with Crippen LogP contribution < -0.4 is 10.6 Å². The molecule has 2 heterocycles. The number of carbonyl (C=O) groups excluding carboxylic acids is 2. The van der Waals surface area contributed by atoms with Crippen LogP contribution in [0.25, 0.3) is 22.0 Å². The SMILES string of the molecule is CCC(C)(C)[C@H](NC(=O)[C@H](C)NC)C(=O)N1CCC[C@H]1c1nc(-c2ccc(F)c3ccccc23)cs1. The minimum atomic E-state index is -0.633. The Labute approximate surface area is 216 Å². The predicted molar refractivity (Wildman–Crippen MR) is 143 cm³/mol. The van der Waals surface area contributed by atoms with Gasteiger partial charge in [-0.15, -0.1) is 11.3 Å². The van der Waals surface area contributed by atoms with E-state index in [1.807, 2.05) is 49.3 Å². The van der Waals surface area contributed by atoms with Crippen molar-refractivity contribution in [3.63, 3.8) is 0 Å². The smallest absolute Gasteiger partial charge is 0.246 e. The second kappa shape index (κ2) is 10.6. The zero-order valence-electron chi connectivity index (χ0n) is 21.6. The number of carbonyl (C=O) groups is 2. The summed E-state index contributed by atoms with van der Waals surface area (Å²) < 4.78 is 14.3. The van der Waals surface area contributed by atoms with Crippen LogP contribution in [0, 0.1) is 11.2 Å². The Balaban J connectivity index is 1.63. The number of rotatable bonds is 8. The van der Waals surface area contributed by atoms with Crippen molar-refractivity contribution < 1.29 is 14.0 Å². The first-order chi connectivity index (χ1) is 17.2. The van der Waals surface area contributed by atoms with Crippen molar-refractivity contribution in [2.75, 3.05) is 13.6 Å². The molecule has 3 aromatic rings. The summed E-state index contributed by atoms with van der Waals surface area (Å²) >= 11 is 1.53. The molecule has 0 radical (unpaired) electrons. The van der Waals surface area contributed by atoms with Gasteiger partial charge in [0.2, 0.25) is 11.8 Å². The van der Waals surface area contributed by atoms with E-state index in [9.17, 15) is 14.0 Å². The van der Waals surface area contributed by atoms with Crippen LogP contribution in [-0.2, 0) is 9.59 Å². The molecule has 6 nitrogen and oxygen atoms in total. The topological polar surface area (TPSA) is 74.3 Å². The molecule has 3 atom stereocenters. The van der Waals surface area contributed by atoms with E-state index in [0.29, 0.717) is 11.9 Å². The van der Waals surface area contributed by atoms with E-state index in [4.69, 9.17) is 4.98 Å². The lowest BCUT2D eigenvalue weighted by molar-refractivity contribution is -0.141. The third-order valence-electron chi connectivity index (χ3n) is 7.54. The molecule has 1 aromatic heterocycles. The Morgan fingerprint density at radius 1 is 1.22 bits per heavy atom. The Hall–Kier alpha value is -2.84. The number of hydrogen-bond acceptors (Lipinski definition) is 5. The molecule has 1 fully saturated rings. The fourth-order valence-electron chi connectivity index (χ4n) is 4.70. The van der Waals surface area contributed by atoms with E-state index in [2.05, 4.69) is 10.6 Å². The van der Waals surface area contributed by atoms with Gasteiger partial charge in [-0.2, -0.15) is 0 Å². The third kappa shape index (κ3) is 5.02. The first kappa shape index (κ1) is 26.2. The second-order valence-electron chi connectivity index (χ2n) is 10.2. The standard InChI is InChI=1S/C28H35FN4O2S/c1-6-28(3,4)24(32-25(34)17(2)30-5)27(35)33-15-9-12-23(33)26-31-22(16-36-26)20-13-14-21(29)19-11-8-7-10-18(19)20/h7-8,10-11,13-14,16-17,23-24,30H,6,9,12,15H2,1-5H3,(H,32,34)/t17-,23-,24+/m0/s1. The maximum Gasteiger partial charge on any atom is 0.246 e. The van der Waals surface area contributed by atoms with E-state index >= 15 is 0 Å². The number of benzene rings is 2. The quantitative estimate of drug-likeness (QED) is 0.432. The van der Waals surface area contributed by atoms with Gasteiger partial charge in [0, 0.05) is 22.9 Å². The molecule has 36 heavy (non-hydrogen) atoms. The summed E-state index contributed by atoms with van der Waals surface area (Å²) in [5.41, 5.74) is 1.25. The number of hydrogen-bond donors (Lipinski definition) is 2. The molecule has 2 N–H and O–H groups in total. The molecule has 192 valence electrons.